The van der Waals surface area contributed by atoms with Crippen molar-refractivity contribution in [2.75, 3.05) is 0 Å². The molecule has 0 aromatic rings. The number of hydrogen-bond acceptors (Lipinski definition) is 1. The van der Waals surface area contributed by atoms with E-state index < -0.39 is 0 Å². The Morgan fingerprint density at radius 2 is 0.778 bits per heavy atom. The summed E-state index contributed by atoms with van der Waals surface area (Å²) in [4.78, 5) is 0. The SMILES string of the molecule is CC(C)(C)[N]=[Nb].CC(C)[NH-].CC(C)[NH-].CC(C)[NH-]. The van der Waals surface area contributed by atoms with Gasteiger partial charge in [-0.05, 0) is 0 Å². The van der Waals surface area contributed by atoms with Gasteiger partial charge in [0, 0.05) is 0 Å². The number of rotatable bonds is 0. The first-order valence-electron chi connectivity index (χ1n) is 6.25. The minimum Gasteiger partial charge on any atom is -0.675 e. The predicted octanol–water partition coefficient (Wildman–Crippen LogP) is 5.86. The summed E-state index contributed by atoms with van der Waals surface area (Å²) in [6.07, 6.45) is 0. The van der Waals surface area contributed by atoms with Crippen molar-refractivity contribution >= 4 is 0 Å². The fraction of sp³-hybridized carbons (Fsp3) is 1.00. The second kappa shape index (κ2) is 17.4. The van der Waals surface area contributed by atoms with Gasteiger partial charge in [0.2, 0.25) is 0 Å². The fourth-order valence-electron chi connectivity index (χ4n) is 0. The van der Waals surface area contributed by atoms with Gasteiger partial charge < -0.3 is 17.2 Å². The van der Waals surface area contributed by atoms with E-state index in [-0.39, 0.29) is 23.7 Å². The Bertz CT molecular complexity index is 129. The van der Waals surface area contributed by atoms with Crippen LogP contribution >= 0.6 is 0 Å². The summed E-state index contributed by atoms with van der Waals surface area (Å²) < 4.78 is 4.07. The molecule has 0 aliphatic heterocycles. The normalized spacial score (nSPS) is 9.67. The van der Waals surface area contributed by atoms with Gasteiger partial charge in [-0.25, -0.2) is 0 Å². The van der Waals surface area contributed by atoms with E-state index in [0.29, 0.717) is 0 Å². The molecule has 0 unspecified atom stereocenters. The van der Waals surface area contributed by atoms with Crippen molar-refractivity contribution in [2.24, 2.45) is 3.34 Å². The molecule has 0 atom stereocenters. The second-order valence-electron chi connectivity index (χ2n) is 5.73. The fourth-order valence-corrected chi connectivity index (χ4v) is 0. The van der Waals surface area contributed by atoms with Crippen LogP contribution in [-0.2, 0) is 20.9 Å². The molecule has 0 radical (unpaired) electrons. The minimum atomic E-state index is 0.0833. The van der Waals surface area contributed by atoms with Gasteiger partial charge in [0.15, 0.2) is 0 Å². The maximum atomic E-state index is 6.58. The van der Waals surface area contributed by atoms with Crippen LogP contribution in [0.5, 0.6) is 0 Å². The third kappa shape index (κ3) is 334. The van der Waals surface area contributed by atoms with E-state index in [9.17, 15) is 0 Å². The van der Waals surface area contributed by atoms with Crippen molar-refractivity contribution in [3.63, 3.8) is 0 Å². The Balaban J connectivity index is -0.0000000742. The summed E-state index contributed by atoms with van der Waals surface area (Å²) in [5.41, 5.74) is 19.9. The van der Waals surface area contributed by atoms with Crippen molar-refractivity contribution in [3.05, 3.63) is 17.2 Å². The van der Waals surface area contributed by atoms with Crippen LogP contribution in [-0.4, -0.2) is 23.7 Å². The van der Waals surface area contributed by atoms with Crippen molar-refractivity contribution in [1.82, 2.24) is 0 Å². The Kier molecular flexibility index (Phi) is 26.0. The Labute approximate surface area is 127 Å². The molecular formula is C13H33N4Nb-3. The van der Waals surface area contributed by atoms with Crippen LogP contribution in [0.4, 0.5) is 0 Å². The van der Waals surface area contributed by atoms with Gasteiger partial charge in [0.05, 0.1) is 0 Å². The van der Waals surface area contributed by atoms with E-state index in [2.05, 4.69) is 24.1 Å². The molecule has 0 aromatic carbocycles. The number of nitrogens with one attached hydrogen (secondary N) is 3. The van der Waals surface area contributed by atoms with Crippen LogP contribution in [0.1, 0.15) is 62.3 Å². The number of hydrogen-bond donors (Lipinski definition) is 0. The zero-order valence-electron chi connectivity index (χ0n) is 13.6. The second-order valence-corrected chi connectivity index (χ2v) is 6.23. The van der Waals surface area contributed by atoms with E-state index in [4.69, 9.17) is 17.2 Å². The Morgan fingerprint density at radius 3 is 0.778 bits per heavy atom. The van der Waals surface area contributed by atoms with Gasteiger partial charge in [0.1, 0.15) is 0 Å². The molecule has 0 aromatic heterocycles. The van der Waals surface area contributed by atoms with Crippen LogP contribution < -0.4 is 0 Å². The summed E-state index contributed by atoms with van der Waals surface area (Å²) in [5.74, 6) is 0. The summed E-state index contributed by atoms with van der Waals surface area (Å²) >= 11 is 1.52. The summed E-state index contributed by atoms with van der Waals surface area (Å²) in [7, 11) is 0. The number of nitrogens with zero attached hydrogens (tertiary/aromatic N) is 1. The molecule has 4 nitrogen and oxygen atoms in total. The molecule has 113 valence electrons. The largest absolute Gasteiger partial charge is 0.675 e. The van der Waals surface area contributed by atoms with Gasteiger partial charge in [0.25, 0.3) is 0 Å². The standard InChI is InChI=1S/C4H9N.3C3H8N.Nb/c1-4(2,3)5;3*1-3(2)4;/h1-3H3;3*3-4H,1-2H3;/q;3*-1;. The first-order valence-corrected chi connectivity index (χ1v) is 7.24. The van der Waals surface area contributed by atoms with Crippen LogP contribution in [0.25, 0.3) is 17.2 Å². The van der Waals surface area contributed by atoms with Gasteiger partial charge in [-0.3, -0.25) is 0 Å². The van der Waals surface area contributed by atoms with Gasteiger partial charge in [-0.2, -0.15) is 0 Å². The Morgan fingerprint density at radius 1 is 0.722 bits per heavy atom. The molecule has 0 fully saturated rings. The average molecular weight is 338 g/mol. The summed E-state index contributed by atoms with van der Waals surface area (Å²) in [6, 6.07) is 0.250. The van der Waals surface area contributed by atoms with E-state index in [0.717, 1.165) is 0 Å². The molecular weight excluding hydrogens is 305 g/mol. The zero-order valence-corrected chi connectivity index (χ0v) is 15.8. The molecule has 0 amide bonds. The topological polar surface area (TPSA) is 83.8 Å². The molecule has 18 heavy (non-hydrogen) atoms. The predicted molar refractivity (Wildman–Crippen MR) is 80.6 cm³/mol. The van der Waals surface area contributed by atoms with Crippen LogP contribution in [0.3, 0.4) is 0 Å². The van der Waals surface area contributed by atoms with E-state index in [1.807, 2.05) is 41.5 Å². The molecule has 5 heteroatoms. The van der Waals surface area contributed by atoms with Crippen molar-refractivity contribution < 1.29 is 20.9 Å². The molecule has 0 aliphatic rings. The van der Waals surface area contributed by atoms with Crippen LogP contribution in [0.15, 0.2) is 3.34 Å². The molecule has 0 rings (SSSR count). The molecule has 0 heterocycles. The van der Waals surface area contributed by atoms with Crippen molar-refractivity contribution in [1.29, 1.82) is 0 Å². The van der Waals surface area contributed by atoms with Crippen molar-refractivity contribution in [3.8, 4) is 0 Å². The maximum absolute atomic E-state index is 6.58. The monoisotopic (exact) mass is 338 g/mol. The first kappa shape index (κ1) is 26.9. The molecule has 0 saturated heterocycles. The molecule has 0 aliphatic carbocycles. The first-order chi connectivity index (χ1) is 7.76. The smallest absolute Gasteiger partial charge is 0.0820 e. The maximum Gasteiger partial charge on any atom is -0.0820 e. The Hall–Kier alpha value is 0.420. The molecule has 0 bridgehead atoms. The van der Waals surface area contributed by atoms with Gasteiger partial charge in [-0.15, -0.1) is 18.1 Å². The van der Waals surface area contributed by atoms with Crippen LogP contribution in [0.2, 0.25) is 0 Å². The molecule has 0 spiro atoms. The average Bonchev–Trinajstić information content (AvgIpc) is 1.99. The minimum absolute atomic E-state index is 0.0833. The summed E-state index contributed by atoms with van der Waals surface area (Å²) in [6.45, 7) is 17.3. The zero-order chi connectivity index (χ0) is 15.9. The quantitative estimate of drug-likeness (QED) is 0.496. The third-order valence-corrected chi connectivity index (χ3v) is 1.77. The van der Waals surface area contributed by atoms with Gasteiger partial charge >= 0.3 is 50.5 Å². The summed E-state index contributed by atoms with van der Waals surface area (Å²) in [5, 5.41) is 0. The van der Waals surface area contributed by atoms with E-state index >= 15 is 0 Å². The van der Waals surface area contributed by atoms with Gasteiger partial charge in [-0.1, -0.05) is 41.5 Å². The van der Waals surface area contributed by atoms with E-state index in [1.165, 1.54) is 20.9 Å². The third-order valence-electron chi connectivity index (χ3n) is 0.300. The van der Waals surface area contributed by atoms with Crippen LogP contribution in [0, 0.1) is 0 Å². The van der Waals surface area contributed by atoms with Crippen molar-refractivity contribution in [2.45, 2.75) is 86.0 Å². The van der Waals surface area contributed by atoms with E-state index in [1.54, 1.807) is 0 Å². The molecule has 0 saturated carbocycles. The molecule has 3 N–H and O–H groups in total.